The molecule has 15 nitrogen and oxygen atoms in total. The van der Waals surface area contributed by atoms with Crippen molar-refractivity contribution in [2.45, 2.75) is 86.3 Å². The number of carboxylic acids is 1. The Morgan fingerprint density at radius 1 is 0.883 bits per heavy atom. The van der Waals surface area contributed by atoms with Crippen LogP contribution in [0.4, 0.5) is 4.79 Å². The molecule has 2 aromatic rings. The summed E-state index contributed by atoms with van der Waals surface area (Å²) in [5.41, 5.74) is 4.25. The van der Waals surface area contributed by atoms with Crippen molar-refractivity contribution in [1.82, 2.24) is 20.9 Å². The minimum Gasteiger partial charge on any atom is -0.481 e. The molecule has 6 rings (SSSR count). The average Bonchev–Trinajstić information content (AvgIpc) is 3.96. The topological polar surface area (TPSA) is 207 Å². The van der Waals surface area contributed by atoms with Crippen molar-refractivity contribution in [3.05, 3.63) is 59.7 Å². The molecule has 3 saturated heterocycles. The van der Waals surface area contributed by atoms with Crippen LogP contribution in [-0.2, 0) is 43.0 Å². The van der Waals surface area contributed by atoms with Crippen LogP contribution in [0.5, 0.6) is 0 Å². The van der Waals surface area contributed by atoms with Gasteiger partial charge in [0.2, 0.25) is 17.7 Å². The molecular formula is C43H54N4O11S2. The van der Waals surface area contributed by atoms with E-state index in [0.29, 0.717) is 44.3 Å². The summed E-state index contributed by atoms with van der Waals surface area (Å²) < 4.78 is 16.6. The van der Waals surface area contributed by atoms with E-state index < -0.39 is 34.9 Å². The van der Waals surface area contributed by atoms with Gasteiger partial charge in [-0.3, -0.25) is 33.7 Å². The molecule has 0 radical (unpaired) electrons. The van der Waals surface area contributed by atoms with Crippen LogP contribution in [0.25, 0.3) is 11.1 Å². The number of imide groups is 1. The second-order valence-corrected chi connectivity index (χ2v) is 17.9. The highest BCUT2D eigenvalue weighted by molar-refractivity contribution is 8.00. The Morgan fingerprint density at radius 3 is 2.32 bits per heavy atom. The van der Waals surface area contributed by atoms with Gasteiger partial charge in [-0.2, -0.15) is 11.8 Å². The monoisotopic (exact) mass is 866 g/mol. The van der Waals surface area contributed by atoms with E-state index in [0.717, 1.165) is 63.9 Å². The number of fused-ring (bicyclic) bond motifs is 4. The molecular weight excluding hydrogens is 813 g/mol. The van der Waals surface area contributed by atoms with Crippen molar-refractivity contribution in [3.63, 3.8) is 0 Å². The number of likely N-dealkylation sites (tertiary alicyclic amines) is 1. The molecule has 2 aromatic carbocycles. The normalized spacial score (nSPS) is 20.9. The summed E-state index contributed by atoms with van der Waals surface area (Å²) in [4.78, 5) is 87.7. The molecule has 0 bridgehead atoms. The standard InChI is InChI=1S/C43H54N4O11S2/c48-28(8-1-6-14-35-40-34(26-60-35)45-43(55)46-40)9-7-18-56-20-21-57-19-16-44-37(49)15-17-47-38(50)23-36(41(47)52)59-25-27(42(53)54)22-39(51)58-24-33-31-12-4-2-10-29(31)30-11-3-5-13-32(30)33/h2-5,10-13,27,33-36,40H,1,6-9,14-26H2,(H,44,49)(H,53,54)(H2,45,46,55). The number of carbonyl (C=O) groups is 7. The lowest BCUT2D eigenvalue weighted by Crippen LogP contribution is -2.36. The van der Waals surface area contributed by atoms with Gasteiger partial charge in [-0.1, -0.05) is 55.0 Å². The predicted octanol–water partition coefficient (Wildman–Crippen LogP) is 3.91. The fraction of sp³-hybridized carbons (Fsp3) is 0.558. The maximum atomic E-state index is 13.0. The quantitative estimate of drug-likeness (QED) is 0.0459. The molecule has 4 aliphatic rings. The van der Waals surface area contributed by atoms with E-state index in [1.54, 1.807) is 0 Å². The molecule has 3 heterocycles. The number of carboxylic acid groups (broad SMARTS) is 1. The van der Waals surface area contributed by atoms with Gasteiger partial charge in [0.15, 0.2) is 0 Å². The van der Waals surface area contributed by atoms with Crippen LogP contribution in [0.15, 0.2) is 48.5 Å². The number of rotatable bonds is 26. The minimum absolute atomic E-state index is 0.0631. The average molecular weight is 867 g/mol. The number of esters is 1. The highest BCUT2D eigenvalue weighted by Crippen LogP contribution is 2.44. The number of benzene rings is 2. The van der Waals surface area contributed by atoms with Gasteiger partial charge in [-0.05, 0) is 41.5 Å². The van der Waals surface area contributed by atoms with Crippen molar-refractivity contribution < 1.29 is 52.9 Å². The number of nitrogens with one attached hydrogen (secondary N) is 3. The molecule has 5 unspecified atom stereocenters. The summed E-state index contributed by atoms with van der Waals surface area (Å²) in [6.07, 6.45) is 3.90. The van der Waals surface area contributed by atoms with Crippen LogP contribution < -0.4 is 16.0 Å². The van der Waals surface area contributed by atoms with Crippen molar-refractivity contribution in [1.29, 1.82) is 0 Å². The Balaban J connectivity index is 0.766. The number of carbonyl (C=O) groups excluding carboxylic acids is 6. The Morgan fingerprint density at radius 2 is 1.58 bits per heavy atom. The number of thioether (sulfide) groups is 2. The number of Topliss-reactive ketones (excluding diaryl/α,β-unsaturated/α-hetero) is 1. The van der Waals surface area contributed by atoms with Crippen molar-refractivity contribution >= 4 is 65.0 Å². The van der Waals surface area contributed by atoms with Gasteiger partial charge in [-0.15, -0.1) is 11.8 Å². The summed E-state index contributed by atoms with van der Waals surface area (Å²) in [7, 11) is 0. The lowest BCUT2D eigenvalue weighted by molar-refractivity contribution is -0.151. The smallest absolute Gasteiger partial charge is 0.315 e. The first-order valence-corrected chi connectivity index (χ1v) is 22.8. The molecule has 324 valence electrons. The lowest BCUT2D eigenvalue weighted by atomic mass is 9.98. The maximum Gasteiger partial charge on any atom is 0.315 e. The molecule has 0 spiro atoms. The number of aliphatic carboxylic acids is 1. The molecule has 17 heteroatoms. The highest BCUT2D eigenvalue weighted by Gasteiger charge is 2.43. The summed E-state index contributed by atoms with van der Waals surface area (Å²) in [5, 5.41) is 18.1. The number of unbranched alkanes of at least 4 members (excludes halogenated alkanes) is 1. The zero-order valence-corrected chi connectivity index (χ0v) is 35.2. The van der Waals surface area contributed by atoms with E-state index in [1.807, 2.05) is 60.3 Å². The van der Waals surface area contributed by atoms with Gasteiger partial charge >= 0.3 is 18.0 Å². The second-order valence-electron chi connectivity index (χ2n) is 15.4. The van der Waals surface area contributed by atoms with Crippen LogP contribution in [0.1, 0.15) is 74.8 Å². The number of urea groups is 1. The fourth-order valence-electron chi connectivity index (χ4n) is 8.04. The van der Waals surface area contributed by atoms with Gasteiger partial charge in [0.25, 0.3) is 0 Å². The Bertz CT molecular complexity index is 1840. The van der Waals surface area contributed by atoms with Crippen molar-refractivity contribution in [2.75, 3.05) is 57.6 Å². The van der Waals surface area contributed by atoms with Gasteiger partial charge < -0.3 is 35.3 Å². The number of hydrogen-bond acceptors (Lipinski definition) is 12. The number of ketones is 1. The zero-order valence-electron chi connectivity index (χ0n) is 33.6. The first-order chi connectivity index (χ1) is 29.1. The van der Waals surface area contributed by atoms with Crippen molar-refractivity contribution in [2.24, 2.45) is 5.92 Å². The van der Waals surface area contributed by atoms with E-state index in [2.05, 4.69) is 16.0 Å². The summed E-state index contributed by atoms with van der Waals surface area (Å²) >= 11 is 2.90. The molecule has 0 saturated carbocycles. The van der Waals surface area contributed by atoms with E-state index in [9.17, 15) is 38.7 Å². The van der Waals surface area contributed by atoms with Gasteiger partial charge in [0.1, 0.15) is 12.4 Å². The summed E-state index contributed by atoms with van der Waals surface area (Å²) in [5.74, 6) is -3.29. The first kappa shape index (κ1) is 45.1. The third-order valence-corrected chi connectivity index (χ3v) is 14.1. The van der Waals surface area contributed by atoms with Gasteiger partial charge in [0, 0.05) is 68.1 Å². The highest BCUT2D eigenvalue weighted by atomic mass is 32.2. The molecule has 3 fully saturated rings. The van der Waals surface area contributed by atoms with E-state index in [1.165, 1.54) is 0 Å². The number of hydrogen-bond donors (Lipinski definition) is 4. The van der Waals surface area contributed by atoms with Crippen LogP contribution >= 0.6 is 23.5 Å². The van der Waals surface area contributed by atoms with Gasteiger partial charge in [0.05, 0.1) is 49.5 Å². The number of amides is 5. The SMILES string of the molecule is O=C(CCCCC1SCC2NC(=O)NC21)CCCOCCOCCNC(=O)CCN1C(=O)CC(SCC(CC(=O)OCC2c3ccccc3-c3ccccc32)C(=O)O)C1=O. The molecule has 60 heavy (non-hydrogen) atoms. The molecule has 5 amide bonds. The van der Waals surface area contributed by atoms with Crippen LogP contribution in [-0.4, -0.2) is 132 Å². The third kappa shape index (κ3) is 12.3. The Labute approximate surface area is 358 Å². The molecule has 5 atom stereocenters. The molecule has 4 N–H and O–H groups in total. The third-order valence-electron chi connectivity index (χ3n) is 11.2. The zero-order chi connectivity index (χ0) is 42.4. The molecule has 0 aromatic heterocycles. The van der Waals surface area contributed by atoms with Crippen LogP contribution in [0.2, 0.25) is 0 Å². The summed E-state index contributed by atoms with van der Waals surface area (Å²) in [6, 6.07) is 16.2. The van der Waals surface area contributed by atoms with Crippen LogP contribution in [0, 0.1) is 5.92 Å². The van der Waals surface area contributed by atoms with E-state index in [-0.39, 0.29) is 87.0 Å². The maximum absolute atomic E-state index is 13.0. The van der Waals surface area contributed by atoms with E-state index in [4.69, 9.17) is 14.2 Å². The number of nitrogens with zero attached hydrogens (tertiary/aromatic N) is 1. The van der Waals surface area contributed by atoms with Crippen LogP contribution in [0.3, 0.4) is 0 Å². The Kier molecular flexibility index (Phi) is 16.8. The summed E-state index contributed by atoms with van der Waals surface area (Å²) in [6.45, 7) is 1.59. The Hall–Kier alpha value is -4.45. The fourth-order valence-corrected chi connectivity index (χ4v) is 10.8. The minimum atomic E-state index is -1.20. The number of ether oxygens (including phenoxy) is 3. The van der Waals surface area contributed by atoms with Gasteiger partial charge in [-0.25, -0.2) is 4.79 Å². The molecule has 3 aliphatic heterocycles. The van der Waals surface area contributed by atoms with Crippen molar-refractivity contribution in [3.8, 4) is 11.1 Å². The molecule has 1 aliphatic carbocycles. The first-order valence-electron chi connectivity index (χ1n) is 20.7. The lowest BCUT2D eigenvalue weighted by Gasteiger charge is -2.17. The predicted molar refractivity (Wildman–Crippen MR) is 225 cm³/mol. The largest absolute Gasteiger partial charge is 0.481 e. The second kappa shape index (κ2) is 22.4. The van der Waals surface area contributed by atoms with E-state index >= 15 is 0 Å².